The van der Waals surface area contributed by atoms with Crippen LogP contribution in [0.5, 0.6) is 11.5 Å². The molecule has 2 atom stereocenters. The molecule has 1 aliphatic heterocycles. The lowest BCUT2D eigenvalue weighted by Crippen LogP contribution is -2.38. The van der Waals surface area contributed by atoms with Crippen molar-refractivity contribution in [3.63, 3.8) is 0 Å². The molecule has 5 heteroatoms. The summed E-state index contributed by atoms with van der Waals surface area (Å²) in [5, 5.41) is 2.96. The molecule has 0 aromatic heterocycles. The number of benzene rings is 2. The molecule has 5 nitrogen and oxygen atoms in total. The molecule has 1 amide bonds. The first-order valence-corrected chi connectivity index (χ1v) is 9.43. The number of hydrogen-bond donors (Lipinski definition) is 1. The standard InChI is InChI=1S/C23H23NO4/c1-27-17-7-3-5-14(9-17)16-11-20-23(21(25)12-16)19(13-22(26)24-20)15-6-4-8-18(10-15)28-2/h3-10,16,19H,11-13H2,1-2H3,(H,24,26). The maximum Gasteiger partial charge on any atom is 0.225 e. The van der Waals surface area contributed by atoms with Crippen LogP contribution in [0.2, 0.25) is 0 Å². The Kier molecular flexibility index (Phi) is 4.90. The van der Waals surface area contributed by atoms with Crippen LogP contribution in [0.15, 0.2) is 59.8 Å². The maximum absolute atomic E-state index is 13.1. The number of ether oxygens (including phenoxy) is 2. The van der Waals surface area contributed by atoms with Gasteiger partial charge in [-0.1, -0.05) is 24.3 Å². The van der Waals surface area contributed by atoms with Gasteiger partial charge < -0.3 is 14.8 Å². The molecule has 1 aliphatic carbocycles. The number of rotatable bonds is 4. The first kappa shape index (κ1) is 18.3. The Hall–Kier alpha value is -3.08. The van der Waals surface area contributed by atoms with E-state index >= 15 is 0 Å². The maximum atomic E-state index is 13.1. The summed E-state index contributed by atoms with van der Waals surface area (Å²) in [5.74, 6) is 1.35. The number of nitrogens with one attached hydrogen (secondary N) is 1. The fourth-order valence-corrected chi connectivity index (χ4v) is 4.23. The number of carbonyl (C=O) groups excluding carboxylic acids is 2. The van der Waals surface area contributed by atoms with Gasteiger partial charge in [0.1, 0.15) is 11.5 Å². The van der Waals surface area contributed by atoms with Gasteiger partial charge in [0.2, 0.25) is 5.91 Å². The van der Waals surface area contributed by atoms with Crippen molar-refractivity contribution in [1.82, 2.24) is 5.32 Å². The fraction of sp³-hybridized carbons (Fsp3) is 0.304. The number of allylic oxidation sites excluding steroid dienone is 2. The first-order valence-electron chi connectivity index (χ1n) is 9.43. The van der Waals surface area contributed by atoms with Crippen molar-refractivity contribution < 1.29 is 19.1 Å². The van der Waals surface area contributed by atoms with E-state index in [1.54, 1.807) is 14.2 Å². The predicted molar refractivity (Wildman–Crippen MR) is 105 cm³/mol. The van der Waals surface area contributed by atoms with E-state index in [4.69, 9.17) is 9.47 Å². The average molecular weight is 377 g/mol. The van der Waals surface area contributed by atoms with Gasteiger partial charge >= 0.3 is 0 Å². The predicted octanol–water partition coefficient (Wildman–Crippen LogP) is 3.71. The molecule has 2 aromatic carbocycles. The van der Waals surface area contributed by atoms with Crippen LogP contribution in [0.25, 0.3) is 0 Å². The quantitative estimate of drug-likeness (QED) is 0.882. The van der Waals surface area contributed by atoms with Crippen molar-refractivity contribution in [2.45, 2.75) is 31.1 Å². The Morgan fingerprint density at radius 3 is 2.18 bits per heavy atom. The number of amides is 1. The largest absolute Gasteiger partial charge is 0.497 e. The molecule has 28 heavy (non-hydrogen) atoms. The molecule has 4 rings (SSSR count). The van der Waals surface area contributed by atoms with Gasteiger partial charge in [-0.3, -0.25) is 9.59 Å². The minimum atomic E-state index is -0.224. The molecule has 2 aromatic rings. The van der Waals surface area contributed by atoms with Crippen LogP contribution in [0.1, 0.15) is 42.2 Å². The zero-order valence-electron chi connectivity index (χ0n) is 16.0. The molecule has 2 aliphatic rings. The highest BCUT2D eigenvalue weighted by Crippen LogP contribution is 2.43. The van der Waals surface area contributed by atoms with E-state index in [9.17, 15) is 9.59 Å². The second-order valence-electron chi connectivity index (χ2n) is 7.28. The Labute approximate surface area is 164 Å². The molecule has 0 spiro atoms. The molecule has 0 fully saturated rings. The summed E-state index contributed by atoms with van der Waals surface area (Å²) in [5.41, 5.74) is 3.49. The Morgan fingerprint density at radius 1 is 0.857 bits per heavy atom. The van der Waals surface area contributed by atoms with E-state index in [1.165, 1.54) is 0 Å². The SMILES string of the molecule is COc1cccc(C2CC(=O)C3=C(C2)NC(=O)CC3c2cccc(OC)c2)c1. The molecule has 1 N–H and O–H groups in total. The lowest BCUT2D eigenvalue weighted by molar-refractivity contribution is -0.122. The zero-order chi connectivity index (χ0) is 19.7. The van der Waals surface area contributed by atoms with Crippen LogP contribution < -0.4 is 14.8 Å². The normalized spacial score (nSPS) is 21.8. The molecule has 0 bridgehead atoms. The van der Waals surface area contributed by atoms with Crippen LogP contribution >= 0.6 is 0 Å². The van der Waals surface area contributed by atoms with Crippen LogP contribution in [0, 0.1) is 0 Å². The third kappa shape index (κ3) is 3.40. The number of ketones is 1. The van der Waals surface area contributed by atoms with Crippen molar-refractivity contribution >= 4 is 11.7 Å². The summed E-state index contributed by atoms with van der Waals surface area (Å²) in [7, 11) is 3.24. The monoisotopic (exact) mass is 377 g/mol. The van der Waals surface area contributed by atoms with Crippen LogP contribution in [-0.2, 0) is 9.59 Å². The summed E-state index contributed by atoms with van der Waals surface area (Å²) < 4.78 is 10.6. The van der Waals surface area contributed by atoms with Crippen molar-refractivity contribution in [3.8, 4) is 11.5 Å². The lowest BCUT2D eigenvalue weighted by atomic mass is 9.73. The minimum absolute atomic E-state index is 0.0331. The van der Waals surface area contributed by atoms with Crippen LogP contribution in [0.4, 0.5) is 0 Å². The van der Waals surface area contributed by atoms with E-state index in [2.05, 4.69) is 5.32 Å². The molecule has 0 saturated carbocycles. The van der Waals surface area contributed by atoms with Gasteiger partial charge in [0.25, 0.3) is 0 Å². The highest BCUT2D eigenvalue weighted by atomic mass is 16.5. The Balaban J connectivity index is 1.70. The Morgan fingerprint density at radius 2 is 1.50 bits per heavy atom. The molecule has 0 saturated heterocycles. The summed E-state index contributed by atoms with van der Waals surface area (Å²) in [4.78, 5) is 25.5. The minimum Gasteiger partial charge on any atom is -0.497 e. The third-order valence-corrected chi connectivity index (χ3v) is 5.60. The van der Waals surface area contributed by atoms with E-state index < -0.39 is 0 Å². The highest BCUT2D eigenvalue weighted by Gasteiger charge is 2.38. The van der Waals surface area contributed by atoms with Crippen LogP contribution in [-0.4, -0.2) is 25.9 Å². The van der Waals surface area contributed by atoms with Gasteiger partial charge in [0, 0.05) is 30.0 Å². The van der Waals surface area contributed by atoms with Gasteiger partial charge in [0.15, 0.2) is 5.78 Å². The molecule has 144 valence electrons. The summed E-state index contributed by atoms with van der Waals surface area (Å²) in [6.07, 6.45) is 1.35. The molecular weight excluding hydrogens is 354 g/mol. The Bertz CT molecular complexity index is 963. The van der Waals surface area contributed by atoms with E-state index in [1.807, 2.05) is 48.5 Å². The first-order chi connectivity index (χ1) is 13.6. The molecule has 1 heterocycles. The average Bonchev–Trinajstić information content (AvgIpc) is 2.72. The van der Waals surface area contributed by atoms with Gasteiger partial charge in [-0.2, -0.15) is 0 Å². The second-order valence-corrected chi connectivity index (χ2v) is 7.28. The van der Waals surface area contributed by atoms with E-state index in [-0.39, 0.29) is 29.9 Å². The van der Waals surface area contributed by atoms with Crippen molar-refractivity contribution in [2.75, 3.05) is 14.2 Å². The second kappa shape index (κ2) is 7.50. The van der Waals surface area contributed by atoms with E-state index in [0.717, 1.165) is 33.9 Å². The number of Topliss-reactive ketones (excluding diaryl/α,β-unsaturated/α-hetero) is 1. The highest BCUT2D eigenvalue weighted by molar-refractivity contribution is 6.02. The topological polar surface area (TPSA) is 64.6 Å². The van der Waals surface area contributed by atoms with Gasteiger partial charge in [0.05, 0.1) is 14.2 Å². The third-order valence-electron chi connectivity index (χ3n) is 5.60. The van der Waals surface area contributed by atoms with E-state index in [0.29, 0.717) is 12.8 Å². The van der Waals surface area contributed by atoms with Gasteiger partial charge in [-0.05, 0) is 47.7 Å². The zero-order valence-corrected chi connectivity index (χ0v) is 16.0. The lowest BCUT2D eigenvalue weighted by Gasteiger charge is -2.34. The van der Waals surface area contributed by atoms with Crippen molar-refractivity contribution in [1.29, 1.82) is 0 Å². The fourth-order valence-electron chi connectivity index (χ4n) is 4.23. The van der Waals surface area contributed by atoms with Crippen molar-refractivity contribution in [3.05, 3.63) is 70.9 Å². The summed E-state index contributed by atoms with van der Waals surface area (Å²) >= 11 is 0. The smallest absolute Gasteiger partial charge is 0.225 e. The molecule has 0 radical (unpaired) electrons. The number of hydrogen-bond acceptors (Lipinski definition) is 4. The number of methoxy groups -OCH3 is 2. The van der Waals surface area contributed by atoms with Crippen molar-refractivity contribution in [2.24, 2.45) is 0 Å². The number of carbonyl (C=O) groups is 2. The molecular formula is C23H23NO4. The van der Waals surface area contributed by atoms with Gasteiger partial charge in [-0.25, -0.2) is 0 Å². The van der Waals surface area contributed by atoms with Crippen LogP contribution in [0.3, 0.4) is 0 Å². The van der Waals surface area contributed by atoms with Gasteiger partial charge in [-0.15, -0.1) is 0 Å². The molecule has 2 unspecified atom stereocenters. The summed E-state index contributed by atoms with van der Waals surface area (Å²) in [6, 6.07) is 15.4. The summed E-state index contributed by atoms with van der Waals surface area (Å²) in [6.45, 7) is 0.